The molecule has 0 saturated heterocycles. The van der Waals surface area contributed by atoms with Crippen LogP contribution in [0.1, 0.15) is 17.2 Å². The lowest BCUT2D eigenvalue weighted by Gasteiger charge is -2.15. The van der Waals surface area contributed by atoms with Crippen molar-refractivity contribution < 1.29 is 13.3 Å². The molecule has 8 heteroatoms. The molecule has 0 amide bonds. The fourth-order valence-electron chi connectivity index (χ4n) is 2.62. The molecule has 2 aromatic carbocycles. The van der Waals surface area contributed by atoms with Gasteiger partial charge in [-0.2, -0.15) is 5.26 Å². The number of fused-ring (bicyclic) bond motifs is 1. The summed E-state index contributed by atoms with van der Waals surface area (Å²) in [6, 6.07) is 11.9. The Morgan fingerprint density at radius 3 is 2.70 bits per heavy atom. The van der Waals surface area contributed by atoms with Gasteiger partial charge < -0.3 is 5.32 Å². The summed E-state index contributed by atoms with van der Waals surface area (Å²) < 4.78 is 24.3. The molecule has 1 aliphatic heterocycles. The lowest BCUT2D eigenvalue weighted by Crippen LogP contribution is -2.13. The van der Waals surface area contributed by atoms with Gasteiger partial charge >= 0.3 is 0 Å². The first-order valence-corrected chi connectivity index (χ1v) is 8.34. The smallest absolute Gasteiger partial charge is 0.270 e. The van der Waals surface area contributed by atoms with Crippen LogP contribution in [-0.2, 0) is 9.84 Å². The van der Waals surface area contributed by atoms with E-state index in [1.807, 2.05) is 6.07 Å². The summed E-state index contributed by atoms with van der Waals surface area (Å²) in [5.41, 5.74) is 0.914. The van der Waals surface area contributed by atoms with E-state index in [1.165, 1.54) is 12.1 Å². The van der Waals surface area contributed by atoms with Crippen LogP contribution in [0.3, 0.4) is 0 Å². The third-order valence-electron chi connectivity index (χ3n) is 3.68. The van der Waals surface area contributed by atoms with Crippen LogP contribution in [0.15, 0.2) is 47.4 Å². The van der Waals surface area contributed by atoms with Crippen molar-refractivity contribution in [1.82, 2.24) is 0 Å². The van der Waals surface area contributed by atoms with Gasteiger partial charge in [0.2, 0.25) is 0 Å². The Labute approximate surface area is 132 Å². The number of nitrogens with one attached hydrogen (secondary N) is 1. The van der Waals surface area contributed by atoms with E-state index >= 15 is 0 Å². The highest BCUT2D eigenvalue weighted by Crippen LogP contribution is 2.36. The number of rotatable bonds is 3. The second-order valence-electron chi connectivity index (χ2n) is 5.11. The zero-order chi connectivity index (χ0) is 16.6. The first kappa shape index (κ1) is 15.0. The third-order valence-corrected chi connectivity index (χ3v) is 5.49. The summed E-state index contributed by atoms with van der Waals surface area (Å²) in [6.07, 6.45) is 0. The van der Waals surface area contributed by atoms with Gasteiger partial charge in [0.1, 0.15) is 6.07 Å². The zero-order valence-electron chi connectivity index (χ0n) is 11.8. The van der Waals surface area contributed by atoms with Crippen LogP contribution in [0.4, 0.5) is 11.4 Å². The summed E-state index contributed by atoms with van der Waals surface area (Å²) >= 11 is 0. The SMILES string of the molecule is N#Cc1cc([N+](=O)[O-])ccc1N[C@@H]1CS(=O)(=O)c2ccccc21. The van der Waals surface area contributed by atoms with Crippen LogP contribution in [0, 0.1) is 21.4 Å². The molecule has 0 spiro atoms. The molecule has 0 fully saturated rings. The fraction of sp³-hybridized carbons (Fsp3) is 0.133. The summed E-state index contributed by atoms with van der Waals surface area (Å²) in [5, 5.41) is 22.9. The van der Waals surface area contributed by atoms with Gasteiger partial charge in [-0.25, -0.2) is 8.42 Å². The van der Waals surface area contributed by atoms with Gasteiger partial charge in [0.25, 0.3) is 5.69 Å². The number of sulfone groups is 1. The van der Waals surface area contributed by atoms with E-state index in [0.29, 0.717) is 11.3 Å². The van der Waals surface area contributed by atoms with Crippen LogP contribution >= 0.6 is 0 Å². The van der Waals surface area contributed by atoms with Crippen LogP contribution in [0.5, 0.6) is 0 Å². The molecule has 0 aliphatic carbocycles. The number of nitro groups is 1. The Morgan fingerprint density at radius 1 is 1.26 bits per heavy atom. The molecule has 3 rings (SSSR count). The largest absolute Gasteiger partial charge is 0.376 e. The average Bonchev–Trinajstić information content (AvgIpc) is 2.79. The number of nitriles is 1. The molecule has 1 heterocycles. The molecule has 1 atom stereocenters. The number of nitro benzene ring substituents is 1. The molecule has 7 nitrogen and oxygen atoms in total. The first-order chi connectivity index (χ1) is 10.9. The molecule has 0 radical (unpaired) electrons. The summed E-state index contributed by atoms with van der Waals surface area (Å²) in [6.45, 7) is 0. The molecule has 2 aromatic rings. The molecule has 1 N–H and O–H groups in total. The highest BCUT2D eigenvalue weighted by atomic mass is 32.2. The second kappa shape index (κ2) is 5.37. The van der Waals surface area contributed by atoms with Crippen LogP contribution in [0.2, 0.25) is 0 Å². The lowest BCUT2D eigenvalue weighted by atomic mass is 10.1. The quantitative estimate of drug-likeness (QED) is 0.683. The Kier molecular flexibility index (Phi) is 3.50. The summed E-state index contributed by atoms with van der Waals surface area (Å²) in [4.78, 5) is 10.5. The minimum Gasteiger partial charge on any atom is -0.376 e. The second-order valence-corrected chi connectivity index (χ2v) is 7.12. The third kappa shape index (κ3) is 2.62. The minimum absolute atomic E-state index is 0.0981. The van der Waals surface area contributed by atoms with Crippen molar-refractivity contribution in [3.8, 4) is 6.07 Å². The van der Waals surface area contributed by atoms with Crippen molar-refractivity contribution in [3.05, 3.63) is 63.7 Å². The van der Waals surface area contributed by atoms with Gasteiger partial charge in [-0.1, -0.05) is 18.2 Å². The van der Waals surface area contributed by atoms with E-state index in [4.69, 9.17) is 5.26 Å². The molecule has 23 heavy (non-hydrogen) atoms. The van der Waals surface area contributed by atoms with Crippen molar-refractivity contribution >= 4 is 21.2 Å². The standard InChI is InChI=1S/C15H11N3O4S/c16-8-10-7-11(18(19)20)5-6-13(10)17-14-9-23(21,22)15-4-2-1-3-12(14)15/h1-7,14,17H,9H2/t14-/m1/s1. The highest BCUT2D eigenvalue weighted by molar-refractivity contribution is 7.91. The van der Waals surface area contributed by atoms with E-state index in [9.17, 15) is 18.5 Å². The molecule has 0 aromatic heterocycles. The molecular weight excluding hydrogens is 318 g/mol. The molecule has 0 unspecified atom stereocenters. The van der Waals surface area contributed by atoms with Gasteiger partial charge in [-0.3, -0.25) is 10.1 Å². The number of anilines is 1. The van der Waals surface area contributed by atoms with Crippen molar-refractivity contribution in [3.63, 3.8) is 0 Å². The van der Waals surface area contributed by atoms with Gasteiger partial charge in [0.05, 0.1) is 32.9 Å². The van der Waals surface area contributed by atoms with Crippen LogP contribution < -0.4 is 5.32 Å². The predicted octanol–water partition coefficient (Wildman–Crippen LogP) is 2.41. The molecular formula is C15H11N3O4S. The van der Waals surface area contributed by atoms with E-state index in [-0.39, 0.29) is 21.9 Å². The fourth-order valence-corrected chi connectivity index (χ4v) is 4.36. The van der Waals surface area contributed by atoms with E-state index in [1.54, 1.807) is 24.3 Å². The molecule has 0 bridgehead atoms. The highest BCUT2D eigenvalue weighted by Gasteiger charge is 2.34. The Balaban J connectivity index is 1.98. The van der Waals surface area contributed by atoms with Crippen LogP contribution in [-0.4, -0.2) is 19.1 Å². The number of hydrogen-bond donors (Lipinski definition) is 1. The van der Waals surface area contributed by atoms with E-state index in [2.05, 4.69) is 5.32 Å². The van der Waals surface area contributed by atoms with Gasteiger partial charge in [0.15, 0.2) is 9.84 Å². The number of benzene rings is 2. The minimum atomic E-state index is -3.37. The van der Waals surface area contributed by atoms with Crippen molar-refractivity contribution in [2.24, 2.45) is 0 Å². The van der Waals surface area contributed by atoms with Crippen molar-refractivity contribution in [2.45, 2.75) is 10.9 Å². The molecule has 1 aliphatic rings. The zero-order valence-corrected chi connectivity index (χ0v) is 12.6. The normalized spacial score (nSPS) is 18.0. The maximum Gasteiger partial charge on any atom is 0.270 e. The van der Waals surface area contributed by atoms with Gasteiger partial charge in [0, 0.05) is 12.1 Å². The van der Waals surface area contributed by atoms with E-state index < -0.39 is 20.8 Å². The topological polar surface area (TPSA) is 113 Å². The van der Waals surface area contributed by atoms with Gasteiger partial charge in [-0.15, -0.1) is 0 Å². The molecule has 116 valence electrons. The van der Waals surface area contributed by atoms with Crippen LogP contribution in [0.25, 0.3) is 0 Å². The van der Waals surface area contributed by atoms with Crippen molar-refractivity contribution in [1.29, 1.82) is 5.26 Å². The summed E-state index contributed by atoms with van der Waals surface area (Å²) in [5.74, 6) is -0.117. The Hall–Kier alpha value is -2.92. The summed E-state index contributed by atoms with van der Waals surface area (Å²) in [7, 11) is -3.37. The maximum atomic E-state index is 12.2. The number of hydrogen-bond acceptors (Lipinski definition) is 6. The monoisotopic (exact) mass is 329 g/mol. The predicted molar refractivity (Wildman–Crippen MR) is 82.7 cm³/mol. The van der Waals surface area contributed by atoms with E-state index in [0.717, 1.165) is 6.07 Å². The molecule has 0 saturated carbocycles. The number of non-ortho nitro benzene ring substituents is 1. The number of nitrogens with zero attached hydrogens (tertiary/aromatic N) is 2. The lowest BCUT2D eigenvalue weighted by molar-refractivity contribution is -0.384. The first-order valence-electron chi connectivity index (χ1n) is 6.69. The Morgan fingerprint density at radius 2 is 2.00 bits per heavy atom. The van der Waals surface area contributed by atoms with Gasteiger partial charge in [-0.05, 0) is 17.7 Å². The maximum absolute atomic E-state index is 12.2. The Bertz CT molecular complexity index is 947. The van der Waals surface area contributed by atoms with Crippen molar-refractivity contribution in [2.75, 3.05) is 11.1 Å². The average molecular weight is 329 g/mol.